The molecule has 2 aromatic heterocycles. The van der Waals surface area contributed by atoms with Crippen LogP contribution in [0.4, 0.5) is 0 Å². The molecule has 2 heterocycles. The summed E-state index contributed by atoms with van der Waals surface area (Å²) in [5.41, 5.74) is 2.74. The molecule has 3 rings (SSSR count). The summed E-state index contributed by atoms with van der Waals surface area (Å²) in [5, 5.41) is 10.7. The Kier molecular flexibility index (Phi) is 4.87. The third-order valence-corrected chi connectivity index (χ3v) is 5.13. The van der Waals surface area contributed by atoms with Crippen LogP contribution < -0.4 is 0 Å². The van der Waals surface area contributed by atoms with Gasteiger partial charge in [-0.3, -0.25) is 4.79 Å². The largest absolute Gasteiger partial charge is 0.504 e. The van der Waals surface area contributed by atoms with Crippen LogP contribution in [0.25, 0.3) is 10.6 Å². The summed E-state index contributed by atoms with van der Waals surface area (Å²) in [5.74, 6) is 0.254. The molecule has 0 atom stereocenters. The first-order valence-corrected chi connectivity index (χ1v) is 9.10. The lowest BCUT2D eigenvalue weighted by Gasteiger charge is -2.18. The molecule has 0 amide bonds. The Morgan fingerprint density at radius 1 is 1.15 bits per heavy atom. The maximum atomic E-state index is 10.9. The Balaban J connectivity index is 1.82. The van der Waals surface area contributed by atoms with Crippen LogP contribution in [0, 0.1) is 6.92 Å². The molecular weight excluding hydrogens is 346 g/mol. The highest BCUT2D eigenvalue weighted by Crippen LogP contribution is 2.29. The Hall–Kier alpha value is -2.60. The number of hydrogen-bond acceptors (Lipinski definition) is 6. The maximum absolute atomic E-state index is 10.9. The number of rotatable bonds is 4. The highest BCUT2D eigenvalue weighted by molar-refractivity contribution is 7.15. The smallest absolute Gasteiger partial charge is 0.257 e. The Morgan fingerprint density at radius 2 is 1.85 bits per heavy atom. The minimum Gasteiger partial charge on any atom is -0.504 e. The Morgan fingerprint density at radius 3 is 2.46 bits per heavy atom. The molecule has 0 aliphatic heterocycles. The van der Waals surface area contributed by atoms with Crippen LogP contribution >= 0.6 is 11.3 Å². The van der Waals surface area contributed by atoms with E-state index in [1.54, 1.807) is 30.7 Å². The standard InChI is InChI=1S/C20H20N3O2S/c1-12-18(25)16(11-24)23-17(22-12)9-15-10-21-19(26-15)13-5-7-14(8-6-13)20(2,3)4/h5-8,10,25H,9H2,1-4H3. The molecule has 0 aliphatic carbocycles. The minimum atomic E-state index is -0.215. The van der Waals surface area contributed by atoms with Gasteiger partial charge in [0.25, 0.3) is 6.29 Å². The van der Waals surface area contributed by atoms with Gasteiger partial charge >= 0.3 is 0 Å². The van der Waals surface area contributed by atoms with Gasteiger partial charge in [-0.2, -0.15) is 0 Å². The molecule has 1 radical (unpaired) electrons. The van der Waals surface area contributed by atoms with Gasteiger partial charge in [0.15, 0.2) is 11.4 Å². The third kappa shape index (κ3) is 3.80. The number of aryl methyl sites for hydroxylation is 1. The molecule has 0 bridgehead atoms. The van der Waals surface area contributed by atoms with Crippen molar-refractivity contribution in [2.75, 3.05) is 0 Å². The van der Waals surface area contributed by atoms with E-state index in [-0.39, 0.29) is 16.9 Å². The highest BCUT2D eigenvalue weighted by Gasteiger charge is 2.15. The predicted molar refractivity (Wildman–Crippen MR) is 102 cm³/mol. The van der Waals surface area contributed by atoms with E-state index < -0.39 is 0 Å². The average molecular weight is 366 g/mol. The van der Waals surface area contributed by atoms with Crippen molar-refractivity contribution in [2.24, 2.45) is 0 Å². The van der Waals surface area contributed by atoms with Gasteiger partial charge in [-0.05, 0) is 17.9 Å². The molecular formula is C20H20N3O2S. The summed E-state index contributed by atoms with van der Waals surface area (Å²) < 4.78 is 0. The summed E-state index contributed by atoms with van der Waals surface area (Å²) in [6, 6.07) is 8.44. The van der Waals surface area contributed by atoms with E-state index in [1.807, 2.05) is 0 Å². The topological polar surface area (TPSA) is 76.0 Å². The first-order valence-electron chi connectivity index (χ1n) is 8.28. The van der Waals surface area contributed by atoms with Crippen molar-refractivity contribution >= 4 is 17.6 Å². The zero-order valence-electron chi connectivity index (χ0n) is 15.2. The number of thiazole rings is 1. The lowest BCUT2D eigenvalue weighted by Crippen LogP contribution is -2.10. The summed E-state index contributed by atoms with van der Waals surface area (Å²) in [6.07, 6.45) is 3.90. The van der Waals surface area contributed by atoms with Crippen molar-refractivity contribution in [3.05, 3.63) is 58.1 Å². The Bertz CT molecular complexity index is 941. The lowest BCUT2D eigenvalue weighted by atomic mass is 9.87. The van der Waals surface area contributed by atoms with Crippen LogP contribution in [0.3, 0.4) is 0 Å². The van der Waals surface area contributed by atoms with E-state index in [4.69, 9.17) is 0 Å². The summed E-state index contributed by atoms with van der Waals surface area (Å²) >= 11 is 1.57. The van der Waals surface area contributed by atoms with Crippen molar-refractivity contribution in [1.82, 2.24) is 15.0 Å². The van der Waals surface area contributed by atoms with E-state index in [1.165, 1.54) is 5.56 Å². The summed E-state index contributed by atoms with van der Waals surface area (Å²) in [6.45, 7) is 8.20. The number of nitrogens with zero attached hydrogens (tertiary/aromatic N) is 3. The molecule has 6 heteroatoms. The first-order chi connectivity index (χ1) is 12.3. The number of aromatic hydroxyl groups is 1. The van der Waals surface area contributed by atoms with Gasteiger partial charge in [-0.1, -0.05) is 45.0 Å². The highest BCUT2D eigenvalue weighted by atomic mass is 32.1. The molecule has 0 saturated heterocycles. The fourth-order valence-corrected chi connectivity index (χ4v) is 3.48. The van der Waals surface area contributed by atoms with Crippen LogP contribution in [0.1, 0.15) is 48.4 Å². The number of aromatic nitrogens is 3. The minimum absolute atomic E-state index is 0.102. The quantitative estimate of drug-likeness (QED) is 0.756. The van der Waals surface area contributed by atoms with Crippen molar-refractivity contribution < 1.29 is 9.90 Å². The van der Waals surface area contributed by atoms with Gasteiger partial charge in [0, 0.05) is 23.1 Å². The van der Waals surface area contributed by atoms with Gasteiger partial charge in [-0.25, -0.2) is 15.0 Å². The molecule has 1 N–H and O–H groups in total. The SMILES string of the molecule is Cc1nc(Cc2cnc(-c3ccc(C(C)(C)C)cc3)s2)nc([C]=O)c1O. The van der Waals surface area contributed by atoms with Gasteiger partial charge in [0.2, 0.25) is 0 Å². The van der Waals surface area contributed by atoms with Gasteiger partial charge in [0.1, 0.15) is 10.8 Å². The molecule has 0 saturated carbocycles. The van der Waals surface area contributed by atoms with Crippen LogP contribution in [0.15, 0.2) is 30.5 Å². The molecule has 0 aliphatic rings. The van der Waals surface area contributed by atoms with E-state index >= 15 is 0 Å². The number of hydrogen-bond donors (Lipinski definition) is 1. The fourth-order valence-electron chi connectivity index (χ4n) is 2.57. The zero-order valence-corrected chi connectivity index (χ0v) is 16.0. The van der Waals surface area contributed by atoms with Gasteiger partial charge in [0.05, 0.1) is 5.69 Å². The molecule has 1 aromatic carbocycles. The van der Waals surface area contributed by atoms with Crippen molar-refractivity contribution in [3.8, 4) is 16.3 Å². The average Bonchev–Trinajstić information content (AvgIpc) is 3.05. The van der Waals surface area contributed by atoms with E-state index in [0.717, 1.165) is 15.4 Å². The predicted octanol–water partition coefficient (Wildman–Crippen LogP) is 3.96. The molecule has 0 fully saturated rings. The molecule has 133 valence electrons. The fraction of sp³-hybridized carbons (Fsp3) is 0.300. The number of carbonyl (C=O) groups excluding carboxylic acids is 1. The van der Waals surface area contributed by atoms with Gasteiger partial charge < -0.3 is 5.11 Å². The maximum Gasteiger partial charge on any atom is 0.257 e. The molecule has 26 heavy (non-hydrogen) atoms. The molecule has 5 nitrogen and oxygen atoms in total. The van der Waals surface area contributed by atoms with E-state index in [9.17, 15) is 9.90 Å². The number of benzene rings is 1. The second-order valence-corrected chi connectivity index (χ2v) is 8.28. The molecule has 0 spiro atoms. The molecule has 0 unspecified atom stereocenters. The van der Waals surface area contributed by atoms with Crippen LogP contribution in [-0.2, 0) is 16.6 Å². The van der Waals surface area contributed by atoms with Crippen LogP contribution in [0.2, 0.25) is 0 Å². The van der Waals surface area contributed by atoms with Crippen molar-refractivity contribution in [3.63, 3.8) is 0 Å². The second-order valence-electron chi connectivity index (χ2n) is 7.16. The Labute approximate surface area is 156 Å². The lowest BCUT2D eigenvalue weighted by molar-refractivity contribution is 0.459. The normalized spacial score (nSPS) is 11.5. The summed E-state index contributed by atoms with van der Waals surface area (Å²) in [4.78, 5) is 24.7. The first kappa shape index (κ1) is 18.2. The third-order valence-electron chi connectivity index (χ3n) is 4.09. The van der Waals surface area contributed by atoms with Crippen LogP contribution in [0.5, 0.6) is 5.75 Å². The van der Waals surface area contributed by atoms with Crippen molar-refractivity contribution in [1.29, 1.82) is 0 Å². The van der Waals surface area contributed by atoms with Crippen LogP contribution in [-0.4, -0.2) is 26.3 Å². The monoisotopic (exact) mass is 366 g/mol. The van der Waals surface area contributed by atoms with Crippen molar-refractivity contribution in [2.45, 2.75) is 39.5 Å². The van der Waals surface area contributed by atoms with E-state index in [0.29, 0.717) is 17.9 Å². The zero-order chi connectivity index (χ0) is 18.9. The second kappa shape index (κ2) is 6.96. The van der Waals surface area contributed by atoms with E-state index in [2.05, 4.69) is 60.0 Å². The molecule has 3 aromatic rings. The summed E-state index contributed by atoms with van der Waals surface area (Å²) in [7, 11) is 0. The van der Waals surface area contributed by atoms with Gasteiger partial charge in [-0.15, -0.1) is 11.3 Å².